The summed E-state index contributed by atoms with van der Waals surface area (Å²) in [7, 11) is 2.73. The predicted octanol–water partition coefficient (Wildman–Crippen LogP) is 1.98. The fraction of sp³-hybridized carbons (Fsp3) is 0.0952. The highest BCUT2D eigenvalue weighted by atomic mass is 16.3. The highest BCUT2D eigenvalue weighted by Gasteiger charge is 2.23. The van der Waals surface area contributed by atoms with Crippen molar-refractivity contribution in [3.63, 3.8) is 0 Å². The van der Waals surface area contributed by atoms with Crippen molar-refractivity contribution < 1.29 is 5.11 Å². The molecule has 0 spiro atoms. The second-order valence-electron chi connectivity index (χ2n) is 6.47. The van der Waals surface area contributed by atoms with Crippen LogP contribution in [-0.4, -0.2) is 29.4 Å². The largest absolute Gasteiger partial charge is 0.494 e. The van der Waals surface area contributed by atoms with Gasteiger partial charge in [0.05, 0.1) is 0 Å². The van der Waals surface area contributed by atoms with Gasteiger partial charge in [-0.15, -0.1) is 10.2 Å². The highest BCUT2D eigenvalue weighted by Crippen LogP contribution is 2.31. The molecule has 4 rings (SSSR count). The minimum Gasteiger partial charge on any atom is -0.494 e. The zero-order chi connectivity index (χ0) is 20.5. The van der Waals surface area contributed by atoms with Crippen LogP contribution in [0, 0.1) is 0 Å². The zero-order valence-electron chi connectivity index (χ0n) is 15.8. The average Bonchev–Trinajstić information content (AvgIpc) is 2.77. The first-order chi connectivity index (χ1) is 14.0. The van der Waals surface area contributed by atoms with Crippen LogP contribution in [0.2, 0.25) is 0 Å². The summed E-state index contributed by atoms with van der Waals surface area (Å²) in [4.78, 5) is 29.6. The molecule has 2 aromatic heterocycles. The van der Waals surface area contributed by atoms with Crippen molar-refractivity contribution >= 4 is 0 Å². The summed E-state index contributed by atoms with van der Waals surface area (Å²) in [6.45, 7) is 0. The van der Waals surface area contributed by atoms with E-state index in [4.69, 9.17) is 0 Å². The topological polar surface area (TPSA) is 103 Å². The van der Waals surface area contributed by atoms with Crippen LogP contribution < -0.4 is 11.2 Å². The molecular formula is C21H17N5O3. The summed E-state index contributed by atoms with van der Waals surface area (Å²) in [6, 6.07) is 18.3. The van der Waals surface area contributed by atoms with Gasteiger partial charge in [-0.25, -0.2) is 9.78 Å². The molecule has 4 aromatic rings. The Labute approximate surface area is 165 Å². The van der Waals surface area contributed by atoms with Crippen molar-refractivity contribution in [2.45, 2.75) is 0 Å². The Morgan fingerprint density at radius 3 is 1.97 bits per heavy atom. The molecule has 0 aliphatic rings. The Hall–Kier alpha value is -4.07. The van der Waals surface area contributed by atoms with Crippen LogP contribution in [0.3, 0.4) is 0 Å². The smallest absolute Gasteiger partial charge is 0.333 e. The van der Waals surface area contributed by atoms with Gasteiger partial charge in [-0.05, 0) is 0 Å². The summed E-state index contributed by atoms with van der Waals surface area (Å²) in [5.41, 5.74) is 0.458. The second-order valence-corrected chi connectivity index (χ2v) is 6.47. The van der Waals surface area contributed by atoms with Crippen molar-refractivity contribution in [2.75, 3.05) is 0 Å². The van der Waals surface area contributed by atoms with E-state index in [2.05, 4.69) is 15.2 Å². The van der Waals surface area contributed by atoms with Gasteiger partial charge in [0.25, 0.3) is 5.56 Å². The summed E-state index contributed by atoms with van der Waals surface area (Å²) in [5.74, 6) is -0.176. The Kier molecular flexibility index (Phi) is 4.52. The molecule has 8 heteroatoms. The van der Waals surface area contributed by atoms with Gasteiger partial charge in [-0.2, -0.15) is 0 Å². The van der Waals surface area contributed by atoms with Crippen LogP contribution in [0.15, 0.2) is 70.3 Å². The van der Waals surface area contributed by atoms with Crippen LogP contribution in [0.25, 0.3) is 33.9 Å². The first-order valence-corrected chi connectivity index (χ1v) is 8.84. The molecule has 29 heavy (non-hydrogen) atoms. The molecule has 0 bridgehead atoms. The number of benzene rings is 2. The third-order valence-electron chi connectivity index (χ3n) is 4.64. The summed E-state index contributed by atoms with van der Waals surface area (Å²) in [5, 5.41) is 19.2. The first-order valence-electron chi connectivity index (χ1n) is 8.84. The molecule has 0 saturated carbocycles. The molecule has 0 atom stereocenters. The SMILES string of the molecule is Cn1c(O)c(-c2nc(-c3ccccc3)nnc2-c2ccccc2)c(=O)n(C)c1=O. The average molecular weight is 387 g/mol. The van der Waals surface area contributed by atoms with Crippen LogP contribution in [-0.2, 0) is 14.1 Å². The third-order valence-corrected chi connectivity index (χ3v) is 4.64. The molecule has 0 radical (unpaired) electrons. The summed E-state index contributed by atoms with van der Waals surface area (Å²) < 4.78 is 1.92. The van der Waals surface area contributed by atoms with Crippen LogP contribution in [0.5, 0.6) is 5.88 Å². The predicted molar refractivity (Wildman–Crippen MR) is 108 cm³/mol. The second kappa shape index (κ2) is 7.16. The van der Waals surface area contributed by atoms with E-state index in [1.165, 1.54) is 14.1 Å². The van der Waals surface area contributed by atoms with Crippen LogP contribution in [0.4, 0.5) is 0 Å². The number of nitrogens with zero attached hydrogens (tertiary/aromatic N) is 5. The summed E-state index contributed by atoms with van der Waals surface area (Å²) >= 11 is 0. The maximum Gasteiger partial charge on any atom is 0.333 e. The van der Waals surface area contributed by atoms with Crippen LogP contribution >= 0.6 is 0 Å². The zero-order valence-corrected chi connectivity index (χ0v) is 15.8. The van der Waals surface area contributed by atoms with Gasteiger partial charge in [0.2, 0.25) is 5.88 Å². The van der Waals surface area contributed by atoms with Gasteiger partial charge in [-0.1, -0.05) is 60.7 Å². The lowest BCUT2D eigenvalue weighted by atomic mass is 10.1. The molecule has 0 unspecified atom stereocenters. The molecule has 1 N–H and O–H groups in total. The maximum absolute atomic E-state index is 12.9. The molecule has 0 saturated heterocycles. The van der Waals surface area contributed by atoms with Crippen molar-refractivity contribution in [3.05, 3.63) is 81.5 Å². The first kappa shape index (κ1) is 18.3. The Bertz CT molecular complexity index is 1310. The van der Waals surface area contributed by atoms with E-state index < -0.39 is 17.1 Å². The molecule has 8 nitrogen and oxygen atoms in total. The van der Waals surface area contributed by atoms with E-state index in [1.807, 2.05) is 48.5 Å². The normalized spacial score (nSPS) is 10.8. The minimum absolute atomic E-state index is 0.111. The fourth-order valence-electron chi connectivity index (χ4n) is 3.04. The summed E-state index contributed by atoms with van der Waals surface area (Å²) in [6.07, 6.45) is 0. The Balaban J connectivity index is 2.09. The van der Waals surface area contributed by atoms with Gasteiger partial charge in [0, 0.05) is 25.2 Å². The number of rotatable bonds is 3. The van der Waals surface area contributed by atoms with E-state index >= 15 is 0 Å². The van der Waals surface area contributed by atoms with Crippen molar-refractivity contribution in [1.29, 1.82) is 0 Å². The molecule has 2 heterocycles. The van der Waals surface area contributed by atoms with Gasteiger partial charge in [-0.3, -0.25) is 13.9 Å². The van der Waals surface area contributed by atoms with E-state index in [1.54, 1.807) is 12.1 Å². The van der Waals surface area contributed by atoms with Gasteiger partial charge in [0.1, 0.15) is 17.0 Å². The Morgan fingerprint density at radius 2 is 1.34 bits per heavy atom. The van der Waals surface area contributed by atoms with Gasteiger partial charge in [0.15, 0.2) is 5.82 Å². The van der Waals surface area contributed by atoms with E-state index in [9.17, 15) is 14.7 Å². The van der Waals surface area contributed by atoms with Gasteiger partial charge >= 0.3 is 5.69 Å². The molecule has 0 aliphatic heterocycles. The molecule has 2 aromatic carbocycles. The minimum atomic E-state index is -0.665. The lowest BCUT2D eigenvalue weighted by Gasteiger charge is -2.13. The number of aromatic nitrogens is 5. The maximum atomic E-state index is 12.9. The molecule has 144 valence electrons. The van der Waals surface area contributed by atoms with Gasteiger partial charge < -0.3 is 5.11 Å². The van der Waals surface area contributed by atoms with Crippen LogP contribution in [0.1, 0.15) is 0 Å². The lowest BCUT2D eigenvalue weighted by molar-refractivity contribution is 0.414. The molecule has 0 aliphatic carbocycles. The van der Waals surface area contributed by atoms with Crippen molar-refractivity contribution in [1.82, 2.24) is 24.3 Å². The molecular weight excluding hydrogens is 370 g/mol. The standard InChI is InChI=1S/C21H17N5O3/c1-25-19(27)15(20(28)26(2)21(25)29)17-16(13-9-5-3-6-10-13)23-24-18(22-17)14-11-7-4-8-12-14/h3-12,27H,1-2H3. The number of aromatic hydroxyl groups is 1. The van der Waals surface area contributed by atoms with E-state index in [0.29, 0.717) is 22.6 Å². The monoisotopic (exact) mass is 387 g/mol. The van der Waals surface area contributed by atoms with Crippen molar-refractivity contribution in [3.8, 4) is 39.8 Å². The number of hydrogen-bond acceptors (Lipinski definition) is 6. The molecule has 0 fully saturated rings. The number of hydrogen-bond donors (Lipinski definition) is 1. The van der Waals surface area contributed by atoms with E-state index in [-0.39, 0.29) is 11.3 Å². The Morgan fingerprint density at radius 1 is 0.759 bits per heavy atom. The third kappa shape index (κ3) is 3.10. The highest BCUT2D eigenvalue weighted by molar-refractivity contribution is 5.80. The fourth-order valence-corrected chi connectivity index (χ4v) is 3.04. The van der Waals surface area contributed by atoms with E-state index in [0.717, 1.165) is 9.13 Å². The lowest BCUT2D eigenvalue weighted by Crippen LogP contribution is -2.37. The quantitative estimate of drug-likeness (QED) is 0.577. The molecule has 0 amide bonds. The van der Waals surface area contributed by atoms with Crippen molar-refractivity contribution in [2.24, 2.45) is 14.1 Å².